The number of aryl methyl sites for hydroxylation is 1. The normalized spacial score (nSPS) is 17.3. The zero-order chi connectivity index (χ0) is 17.8. The summed E-state index contributed by atoms with van der Waals surface area (Å²) in [5.41, 5.74) is 0. The molecule has 0 aromatic carbocycles. The van der Waals surface area contributed by atoms with Crippen molar-refractivity contribution < 1.29 is 14.4 Å². The van der Waals surface area contributed by atoms with Crippen LogP contribution in [-0.4, -0.2) is 66.9 Å². The number of carbonyl (C=O) groups excluding carboxylic acids is 3. The van der Waals surface area contributed by atoms with E-state index in [1.54, 1.807) is 9.80 Å². The summed E-state index contributed by atoms with van der Waals surface area (Å²) in [4.78, 5) is 41.4. The lowest BCUT2D eigenvalue weighted by molar-refractivity contribution is -0.122. The first-order chi connectivity index (χ1) is 12.0. The first-order valence-electron chi connectivity index (χ1n) is 8.71. The first-order valence-corrected chi connectivity index (χ1v) is 9.52. The molecule has 0 unspecified atom stereocenters. The molecule has 7 nitrogen and oxygen atoms in total. The number of amides is 4. The Hall–Kier alpha value is -2.09. The van der Waals surface area contributed by atoms with Crippen LogP contribution < -0.4 is 10.6 Å². The summed E-state index contributed by atoms with van der Waals surface area (Å²) < 4.78 is 0. The van der Waals surface area contributed by atoms with Gasteiger partial charge in [0.25, 0.3) is 5.91 Å². The predicted octanol–water partition coefficient (Wildman–Crippen LogP) is 1.05. The van der Waals surface area contributed by atoms with Crippen LogP contribution >= 0.6 is 11.3 Å². The molecule has 1 saturated carbocycles. The minimum Gasteiger partial charge on any atom is -0.354 e. The highest BCUT2D eigenvalue weighted by molar-refractivity contribution is 7.13. The van der Waals surface area contributed by atoms with E-state index in [1.807, 2.05) is 19.1 Å². The van der Waals surface area contributed by atoms with Crippen molar-refractivity contribution in [2.24, 2.45) is 5.92 Å². The SMILES string of the molecule is Cc1ccc(C(=O)N2CCN(C(=O)NCCNC(=O)C3CC3)CC2)s1. The Kier molecular flexibility index (Phi) is 5.57. The van der Waals surface area contributed by atoms with Gasteiger partial charge in [0.1, 0.15) is 0 Å². The number of rotatable bonds is 5. The molecule has 136 valence electrons. The topological polar surface area (TPSA) is 81.8 Å². The van der Waals surface area contributed by atoms with Crippen molar-refractivity contribution in [2.45, 2.75) is 19.8 Å². The van der Waals surface area contributed by atoms with Crippen molar-refractivity contribution in [2.75, 3.05) is 39.3 Å². The van der Waals surface area contributed by atoms with Crippen LogP contribution in [0.2, 0.25) is 0 Å². The average Bonchev–Trinajstić information content (AvgIpc) is 3.39. The average molecular weight is 364 g/mol. The summed E-state index contributed by atoms with van der Waals surface area (Å²) >= 11 is 1.50. The smallest absolute Gasteiger partial charge is 0.317 e. The van der Waals surface area contributed by atoms with E-state index in [4.69, 9.17) is 0 Å². The largest absolute Gasteiger partial charge is 0.354 e. The van der Waals surface area contributed by atoms with E-state index in [9.17, 15) is 14.4 Å². The van der Waals surface area contributed by atoms with Gasteiger partial charge in [0.15, 0.2) is 0 Å². The Morgan fingerprint density at radius 1 is 1.04 bits per heavy atom. The van der Waals surface area contributed by atoms with Crippen molar-refractivity contribution in [3.63, 3.8) is 0 Å². The number of hydrogen-bond acceptors (Lipinski definition) is 4. The van der Waals surface area contributed by atoms with E-state index in [-0.39, 0.29) is 23.8 Å². The van der Waals surface area contributed by atoms with E-state index in [0.29, 0.717) is 39.3 Å². The summed E-state index contributed by atoms with van der Waals surface area (Å²) in [6.07, 6.45) is 1.96. The number of nitrogens with zero attached hydrogens (tertiary/aromatic N) is 2. The van der Waals surface area contributed by atoms with Crippen molar-refractivity contribution in [1.29, 1.82) is 0 Å². The van der Waals surface area contributed by atoms with Gasteiger partial charge in [-0.3, -0.25) is 9.59 Å². The molecule has 2 heterocycles. The third-order valence-electron chi connectivity index (χ3n) is 4.45. The van der Waals surface area contributed by atoms with Gasteiger partial charge in [-0.25, -0.2) is 4.79 Å². The predicted molar refractivity (Wildman–Crippen MR) is 95.7 cm³/mol. The number of nitrogens with one attached hydrogen (secondary N) is 2. The lowest BCUT2D eigenvalue weighted by atomic mass is 10.3. The molecule has 0 spiro atoms. The Bertz CT molecular complexity index is 648. The second-order valence-corrected chi connectivity index (χ2v) is 7.77. The number of piperazine rings is 1. The molecule has 0 bridgehead atoms. The number of hydrogen-bond donors (Lipinski definition) is 2. The Balaban J connectivity index is 1.35. The molecule has 1 saturated heterocycles. The zero-order valence-electron chi connectivity index (χ0n) is 14.4. The molecule has 25 heavy (non-hydrogen) atoms. The molecule has 2 N–H and O–H groups in total. The van der Waals surface area contributed by atoms with Gasteiger partial charge in [-0.1, -0.05) is 0 Å². The molecular weight excluding hydrogens is 340 g/mol. The molecule has 0 atom stereocenters. The lowest BCUT2D eigenvalue weighted by Crippen LogP contribution is -2.53. The summed E-state index contributed by atoms with van der Waals surface area (Å²) in [7, 11) is 0. The second-order valence-electron chi connectivity index (χ2n) is 6.49. The Morgan fingerprint density at radius 2 is 1.68 bits per heavy atom. The van der Waals surface area contributed by atoms with E-state index >= 15 is 0 Å². The molecule has 2 aliphatic rings. The monoisotopic (exact) mass is 364 g/mol. The summed E-state index contributed by atoms with van der Waals surface area (Å²) in [6, 6.07) is 3.67. The minimum absolute atomic E-state index is 0.0425. The fraction of sp³-hybridized carbons (Fsp3) is 0.588. The third-order valence-corrected chi connectivity index (χ3v) is 5.44. The summed E-state index contributed by atoms with van der Waals surface area (Å²) in [5.74, 6) is 0.319. The minimum atomic E-state index is -0.139. The maximum atomic E-state index is 12.4. The van der Waals surface area contributed by atoms with Gasteiger partial charge in [-0.2, -0.15) is 0 Å². The van der Waals surface area contributed by atoms with Crippen LogP contribution in [0, 0.1) is 12.8 Å². The first kappa shape index (κ1) is 17.7. The van der Waals surface area contributed by atoms with Crippen LogP contribution in [0.25, 0.3) is 0 Å². The highest BCUT2D eigenvalue weighted by Gasteiger charge is 2.29. The van der Waals surface area contributed by atoms with Crippen LogP contribution in [0.15, 0.2) is 12.1 Å². The summed E-state index contributed by atoms with van der Waals surface area (Å²) in [5, 5.41) is 5.64. The van der Waals surface area contributed by atoms with Gasteiger partial charge in [0.05, 0.1) is 4.88 Å². The molecule has 3 rings (SSSR count). The lowest BCUT2D eigenvalue weighted by Gasteiger charge is -2.34. The van der Waals surface area contributed by atoms with E-state index in [2.05, 4.69) is 10.6 Å². The van der Waals surface area contributed by atoms with Gasteiger partial charge in [0, 0.05) is 50.1 Å². The van der Waals surface area contributed by atoms with Crippen molar-refractivity contribution in [1.82, 2.24) is 20.4 Å². The molecule has 1 aromatic rings. The maximum absolute atomic E-state index is 12.4. The highest BCUT2D eigenvalue weighted by atomic mass is 32.1. The van der Waals surface area contributed by atoms with Crippen molar-refractivity contribution in [3.8, 4) is 0 Å². The van der Waals surface area contributed by atoms with Gasteiger partial charge in [0.2, 0.25) is 5.91 Å². The maximum Gasteiger partial charge on any atom is 0.317 e. The molecule has 4 amide bonds. The van der Waals surface area contributed by atoms with Crippen LogP contribution in [0.1, 0.15) is 27.4 Å². The molecule has 0 radical (unpaired) electrons. The fourth-order valence-electron chi connectivity index (χ4n) is 2.77. The van der Waals surface area contributed by atoms with Crippen LogP contribution in [0.3, 0.4) is 0 Å². The van der Waals surface area contributed by atoms with E-state index in [0.717, 1.165) is 22.6 Å². The molecular formula is C17H24N4O3S. The zero-order valence-corrected chi connectivity index (χ0v) is 15.2. The van der Waals surface area contributed by atoms with E-state index in [1.165, 1.54) is 11.3 Å². The van der Waals surface area contributed by atoms with Gasteiger partial charge in [-0.05, 0) is 31.9 Å². The summed E-state index contributed by atoms with van der Waals surface area (Å²) in [6.45, 7) is 4.99. The number of urea groups is 1. The molecule has 1 aliphatic heterocycles. The van der Waals surface area contributed by atoms with Crippen molar-refractivity contribution in [3.05, 3.63) is 21.9 Å². The van der Waals surface area contributed by atoms with Crippen LogP contribution in [0.5, 0.6) is 0 Å². The second kappa shape index (κ2) is 7.86. The van der Waals surface area contributed by atoms with Gasteiger partial charge in [-0.15, -0.1) is 11.3 Å². The quantitative estimate of drug-likeness (QED) is 0.766. The molecule has 1 aromatic heterocycles. The fourth-order valence-corrected chi connectivity index (χ4v) is 3.61. The highest BCUT2D eigenvalue weighted by Crippen LogP contribution is 2.28. The molecule has 8 heteroatoms. The van der Waals surface area contributed by atoms with Gasteiger partial charge >= 0.3 is 6.03 Å². The number of thiophene rings is 1. The van der Waals surface area contributed by atoms with E-state index < -0.39 is 0 Å². The number of carbonyl (C=O) groups is 3. The third kappa shape index (κ3) is 4.72. The molecule has 2 fully saturated rings. The Morgan fingerprint density at radius 3 is 2.28 bits per heavy atom. The van der Waals surface area contributed by atoms with Crippen molar-refractivity contribution >= 4 is 29.2 Å². The van der Waals surface area contributed by atoms with Gasteiger partial charge < -0.3 is 20.4 Å². The van der Waals surface area contributed by atoms with Crippen LogP contribution in [-0.2, 0) is 4.79 Å². The molecule has 1 aliphatic carbocycles. The van der Waals surface area contributed by atoms with Crippen LogP contribution in [0.4, 0.5) is 4.79 Å². The Labute approximate surface area is 151 Å². The standard InChI is InChI=1S/C17H24N4O3S/c1-12-2-5-14(25-12)16(23)20-8-10-21(11-9-20)17(24)19-7-6-18-15(22)13-3-4-13/h2,5,13H,3-4,6-11H2,1H3,(H,18,22)(H,19,24).